The Balaban J connectivity index is 2.28. The molecule has 0 unspecified atom stereocenters. The van der Waals surface area contributed by atoms with Crippen molar-refractivity contribution in [3.05, 3.63) is 78.6 Å². The second-order valence-corrected chi connectivity index (χ2v) is 4.27. The maximum atomic E-state index is 10.5. The average Bonchev–Trinajstić information content (AvgIpc) is 2.46. The van der Waals surface area contributed by atoms with Crippen LogP contribution in [0.2, 0.25) is 0 Å². The van der Waals surface area contributed by atoms with E-state index in [0.717, 1.165) is 17.5 Å². The van der Waals surface area contributed by atoms with Crippen LogP contribution in [0.1, 0.15) is 29.6 Å². The number of aromatic nitrogens is 1. The van der Waals surface area contributed by atoms with Gasteiger partial charge in [-0.3, -0.25) is 4.98 Å². The zero-order valence-corrected chi connectivity index (χ0v) is 10.2. The van der Waals surface area contributed by atoms with E-state index in [1.54, 1.807) is 12.4 Å². The highest BCUT2D eigenvalue weighted by Gasteiger charge is 2.21. The zero-order chi connectivity index (χ0) is 12.8. The largest absolute Gasteiger partial charge is 0.388 e. The van der Waals surface area contributed by atoms with Crippen LogP contribution in [0, 0.1) is 0 Å². The van der Waals surface area contributed by atoms with E-state index in [2.05, 4.69) is 11.6 Å². The van der Waals surface area contributed by atoms with Crippen LogP contribution >= 0.6 is 0 Å². The molecule has 1 aromatic heterocycles. The number of hydrogen-bond acceptors (Lipinski definition) is 2. The third-order valence-corrected chi connectivity index (χ3v) is 3.06. The Labute approximate surface area is 108 Å². The fourth-order valence-electron chi connectivity index (χ4n) is 2.11. The van der Waals surface area contributed by atoms with Crippen molar-refractivity contribution in [3.8, 4) is 0 Å². The molecule has 2 aromatic rings. The van der Waals surface area contributed by atoms with Crippen LogP contribution in [0.15, 0.2) is 67.5 Å². The third kappa shape index (κ3) is 2.84. The summed E-state index contributed by atoms with van der Waals surface area (Å²) in [5, 5.41) is 10.5. The Morgan fingerprint density at radius 1 is 1.11 bits per heavy atom. The summed E-state index contributed by atoms with van der Waals surface area (Å²) in [6.07, 6.45) is 5.45. The van der Waals surface area contributed by atoms with Crippen molar-refractivity contribution in [1.29, 1.82) is 0 Å². The predicted molar refractivity (Wildman–Crippen MR) is 73.2 cm³/mol. The SMILES string of the molecule is C=CC[C@H](c1ccccc1)[C@@H](O)c1cccnc1. The van der Waals surface area contributed by atoms with Crippen LogP contribution in [-0.2, 0) is 0 Å². The molecule has 0 aliphatic rings. The van der Waals surface area contributed by atoms with Crippen molar-refractivity contribution < 1.29 is 5.11 Å². The highest BCUT2D eigenvalue weighted by molar-refractivity contribution is 5.25. The average molecular weight is 239 g/mol. The van der Waals surface area contributed by atoms with Crippen LogP contribution in [0.25, 0.3) is 0 Å². The van der Waals surface area contributed by atoms with Crippen LogP contribution in [0.4, 0.5) is 0 Å². The van der Waals surface area contributed by atoms with Gasteiger partial charge >= 0.3 is 0 Å². The first kappa shape index (κ1) is 12.5. The van der Waals surface area contributed by atoms with Gasteiger partial charge in [-0.2, -0.15) is 0 Å². The fraction of sp³-hybridized carbons (Fsp3) is 0.188. The molecule has 2 rings (SSSR count). The standard InChI is InChI=1S/C16H17NO/c1-2-7-15(13-8-4-3-5-9-13)16(18)14-10-6-11-17-12-14/h2-6,8-12,15-16,18H,1,7H2/t15-,16+/m1/s1. The molecule has 0 saturated carbocycles. The second-order valence-electron chi connectivity index (χ2n) is 4.27. The number of pyridine rings is 1. The monoisotopic (exact) mass is 239 g/mol. The van der Waals surface area contributed by atoms with E-state index >= 15 is 0 Å². The number of rotatable bonds is 5. The van der Waals surface area contributed by atoms with Crippen molar-refractivity contribution in [2.24, 2.45) is 0 Å². The molecule has 0 amide bonds. The first-order valence-corrected chi connectivity index (χ1v) is 6.06. The molecule has 92 valence electrons. The van der Waals surface area contributed by atoms with Gasteiger partial charge in [0, 0.05) is 18.3 Å². The molecule has 1 aromatic carbocycles. The zero-order valence-electron chi connectivity index (χ0n) is 10.2. The molecule has 0 radical (unpaired) electrons. The summed E-state index contributed by atoms with van der Waals surface area (Å²) in [5.74, 6) is 0.0212. The molecule has 0 fully saturated rings. The normalized spacial score (nSPS) is 13.8. The molecule has 0 aliphatic carbocycles. The van der Waals surface area contributed by atoms with Gasteiger partial charge in [-0.25, -0.2) is 0 Å². The van der Waals surface area contributed by atoms with Crippen molar-refractivity contribution in [1.82, 2.24) is 4.98 Å². The minimum Gasteiger partial charge on any atom is -0.388 e. The van der Waals surface area contributed by atoms with Gasteiger partial charge in [-0.05, 0) is 23.6 Å². The van der Waals surface area contributed by atoms with Crippen LogP contribution in [0.3, 0.4) is 0 Å². The number of aliphatic hydroxyl groups is 1. The number of nitrogens with zero attached hydrogens (tertiary/aromatic N) is 1. The third-order valence-electron chi connectivity index (χ3n) is 3.06. The van der Waals surface area contributed by atoms with Gasteiger partial charge in [0.15, 0.2) is 0 Å². The topological polar surface area (TPSA) is 33.1 Å². The number of allylic oxidation sites excluding steroid dienone is 1. The second kappa shape index (κ2) is 6.12. The Morgan fingerprint density at radius 2 is 1.83 bits per heavy atom. The van der Waals surface area contributed by atoms with Gasteiger partial charge in [0.2, 0.25) is 0 Å². The van der Waals surface area contributed by atoms with Crippen LogP contribution < -0.4 is 0 Å². The minimum atomic E-state index is -0.556. The lowest BCUT2D eigenvalue weighted by Gasteiger charge is -2.22. The van der Waals surface area contributed by atoms with E-state index in [9.17, 15) is 5.11 Å². The number of hydrogen-bond donors (Lipinski definition) is 1. The molecule has 18 heavy (non-hydrogen) atoms. The minimum absolute atomic E-state index is 0.0212. The molecule has 2 nitrogen and oxygen atoms in total. The van der Waals surface area contributed by atoms with E-state index in [1.807, 2.05) is 48.5 Å². The lowest BCUT2D eigenvalue weighted by Crippen LogP contribution is -2.10. The predicted octanol–water partition coefficient (Wildman–Crippen LogP) is 3.47. The fourth-order valence-corrected chi connectivity index (χ4v) is 2.11. The van der Waals surface area contributed by atoms with Gasteiger partial charge < -0.3 is 5.11 Å². The van der Waals surface area contributed by atoms with Crippen molar-refractivity contribution in [2.75, 3.05) is 0 Å². The summed E-state index contributed by atoms with van der Waals surface area (Å²) in [5.41, 5.74) is 1.96. The first-order valence-electron chi connectivity index (χ1n) is 6.06. The van der Waals surface area contributed by atoms with Crippen LogP contribution in [0.5, 0.6) is 0 Å². The Morgan fingerprint density at radius 3 is 2.44 bits per heavy atom. The van der Waals surface area contributed by atoms with Crippen LogP contribution in [-0.4, -0.2) is 10.1 Å². The molecule has 2 heteroatoms. The Kier molecular flexibility index (Phi) is 4.26. The summed E-state index contributed by atoms with van der Waals surface area (Å²) >= 11 is 0. The lowest BCUT2D eigenvalue weighted by molar-refractivity contribution is 0.145. The van der Waals surface area contributed by atoms with Gasteiger partial charge in [0.25, 0.3) is 0 Å². The van der Waals surface area contributed by atoms with E-state index in [1.165, 1.54) is 0 Å². The number of benzene rings is 1. The van der Waals surface area contributed by atoms with E-state index < -0.39 is 6.10 Å². The highest BCUT2D eigenvalue weighted by Crippen LogP contribution is 2.33. The molecular weight excluding hydrogens is 222 g/mol. The quantitative estimate of drug-likeness (QED) is 0.810. The summed E-state index contributed by atoms with van der Waals surface area (Å²) in [7, 11) is 0. The van der Waals surface area contributed by atoms with Gasteiger partial charge in [0.1, 0.15) is 0 Å². The molecule has 0 bridgehead atoms. The first-order chi connectivity index (χ1) is 8.83. The number of aliphatic hydroxyl groups excluding tert-OH is 1. The Hall–Kier alpha value is -1.93. The molecule has 0 spiro atoms. The summed E-state index contributed by atoms with van der Waals surface area (Å²) in [4.78, 5) is 4.06. The van der Waals surface area contributed by atoms with Crippen molar-refractivity contribution in [2.45, 2.75) is 18.4 Å². The van der Waals surface area contributed by atoms with Gasteiger partial charge in [-0.15, -0.1) is 6.58 Å². The summed E-state index contributed by atoms with van der Waals surface area (Å²) < 4.78 is 0. The van der Waals surface area contributed by atoms with E-state index in [4.69, 9.17) is 0 Å². The van der Waals surface area contributed by atoms with Gasteiger partial charge in [0.05, 0.1) is 6.10 Å². The summed E-state index contributed by atoms with van der Waals surface area (Å²) in [6.45, 7) is 3.78. The molecule has 2 atom stereocenters. The smallest absolute Gasteiger partial charge is 0.0876 e. The Bertz CT molecular complexity index is 481. The highest BCUT2D eigenvalue weighted by atomic mass is 16.3. The van der Waals surface area contributed by atoms with E-state index in [-0.39, 0.29) is 5.92 Å². The van der Waals surface area contributed by atoms with Crippen molar-refractivity contribution in [3.63, 3.8) is 0 Å². The molecular formula is C16H17NO. The lowest BCUT2D eigenvalue weighted by atomic mass is 9.87. The molecule has 0 aliphatic heterocycles. The van der Waals surface area contributed by atoms with Crippen molar-refractivity contribution >= 4 is 0 Å². The molecule has 1 N–H and O–H groups in total. The van der Waals surface area contributed by atoms with Gasteiger partial charge in [-0.1, -0.05) is 42.5 Å². The molecule has 0 saturated heterocycles. The maximum absolute atomic E-state index is 10.5. The van der Waals surface area contributed by atoms with E-state index in [0.29, 0.717) is 0 Å². The molecule has 1 heterocycles. The summed E-state index contributed by atoms with van der Waals surface area (Å²) in [6, 6.07) is 13.8. The maximum Gasteiger partial charge on any atom is 0.0876 e.